The number of Topliss-reactive ketones (excluding diaryl/α,β-unsaturated/α-hetero) is 1. The van der Waals surface area contributed by atoms with Gasteiger partial charge in [0.05, 0.1) is 12.2 Å². The summed E-state index contributed by atoms with van der Waals surface area (Å²) in [5.41, 5.74) is 1.61. The fourth-order valence-electron chi connectivity index (χ4n) is 2.16. The molecule has 0 saturated carbocycles. The molecule has 0 heterocycles. The summed E-state index contributed by atoms with van der Waals surface area (Å²) in [4.78, 5) is 11.4. The first-order valence-corrected chi connectivity index (χ1v) is 7.14. The molecule has 0 aliphatic heterocycles. The summed E-state index contributed by atoms with van der Waals surface area (Å²) in [7, 11) is 0. The molecule has 0 spiro atoms. The number of unbranched alkanes of at least 4 members (excludes halogenated alkanes) is 1. The number of halogens is 1. The molecule has 2 aromatic carbocycles. The van der Waals surface area contributed by atoms with Gasteiger partial charge in [0.2, 0.25) is 0 Å². The maximum Gasteiger partial charge on any atom is 0.163 e. The lowest BCUT2D eigenvalue weighted by Gasteiger charge is -2.10. The largest absolute Gasteiger partial charge is 0.493 e. The molecule has 21 heavy (non-hydrogen) atoms. The van der Waals surface area contributed by atoms with Crippen molar-refractivity contribution in [1.29, 1.82) is 0 Å². The second-order valence-corrected chi connectivity index (χ2v) is 4.99. The van der Waals surface area contributed by atoms with Crippen LogP contribution in [0.15, 0.2) is 48.5 Å². The van der Waals surface area contributed by atoms with Gasteiger partial charge in [0.25, 0.3) is 0 Å². The van der Waals surface area contributed by atoms with E-state index in [9.17, 15) is 9.18 Å². The van der Waals surface area contributed by atoms with Crippen LogP contribution >= 0.6 is 0 Å². The van der Waals surface area contributed by atoms with Crippen LogP contribution in [0.5, 0.6) is 5.75 Å². The van der Waals surface area contributed by atoms with Gasteiger partial charge in [0.1, 0.15) is 11.6 Å². The van der Waals surface area contributed by atoms with Crippen molar-refractivity contribution in [2.45, 2.75) is 26.2 Å². The third-order valence-corrected chi connectivity index (χ3v) is 3.28. The van der Waals surface area contributed by atoms with E-state index in [0.717, 1.165) is 19.3 Å². The van der Waals surface area contributed by atoms with E-state index in [1.807, 2.05) is 18.2 Å². The SMILES string of the molecule is CC(=O)c1cc(F)ccc1OCCCCc1ccccc1. The predicted molar refractivity (Wildman–Crippen MR) is 81.3 cm³/mol. The molecule has 0 fully saturated rings. The lowest BCUT2D eigenvalue weighted by molar-refractivity contribution is 0.101. The number of rotatable bonds is 7. The van der Waals surface area contributed by atoms with E-state index in [-0.39, 0.29) is 5.78 Å². The van der Waals surface area contributed by atoms with Crippen LogP contribution in [-0.2, 0) is 6.42 Å². The first kappa shape index (κ1) is 15.2. The van der Waals surface area contributed by atoms with Crippen molar-refractivity contribution in [3.8, 4) is 5.75 Å². The molecule has 2 rings (SSSR count). The molecule has 0 amide bonds. The van der Waals surface area contributed by atoms with Crippen molar-refractivity contribution in [2.75, 3.05) is 6.61 Å². The zero-order chi connectivity index (χ0) is 15.1. The smallest absolute Gasteiger partial charge is 0.163 e. The minimum absolute atomic E-state index is 0.186. The second-order valence-electron chi connectivity index (χ2n) is 4.99. The van der Waals surface area contributed by atoms with Crippen LogP contribution in [0.4, 0.5) is 4.39 Å². The summed E-state index contributed by atoms with van der Waals surface area (Å²) in [5, 5.41) is 0. The van der Waals surface area contributed by atoms with Crippen LogP contribution in [0.2, 0.25) is 0 Å². The highest BCUT2D eigenvalue weighted by molar-refractivity contribution is 5.96. The van der Waals surface area contributed by atoms with Crippen LogP contribution in [0.1, 0.15) is 35.7 Å². The molecule has 0 bridgehead atoms. The Labute approximate surface area is 124 Å². The number of hydrogen-bond donors (Lipinski definition) is 0. The van der Waals surface area contributed by atoms with E-state index in [1.54, 1.807) is 0 Å². The highest BCUT2D eigenvalue weighted by atomic mass is 19.1. The quantitative estimate of drug-likeness (QED) is 0.556. The van der Waals surface area contributed by atoms with E-state index in [2.05, 4.69) is 12.1 Å². The zero-order valence-corrected chi connectivity index (χ0v) is 12.1. The van der Waals surface area contributed by atoms with Gasteiger partial charge in [0, 0.05) is 0 Å². The Morgan fingerprint density at radius 2 is 1.86 bits per heavy atom. The molecule has 110 valence electrons. The van der Waals surface area contributed by atoms with Crippen LogP contribution in [0.3, 0.4) is 0 Å². The number of benzene rings is 2. The average molecular weight is 286 g/mol. The van der Waals surface area contributed by atoms with Gasteiger partial charge in [-0.3, -0.25) is 4.79 Å². The van der Waals surface area contributed by atoms with Gasteiger partial charge in [0.15, 0.2) is 5.78 Å². The molecular formula is C18H19FO2. The summed E-state index contributed by atoms with van der Waals surface area (Å²) in [6.07, 6.45) is 2.91. The Bertz CT molecular complexity index is 593. The Hall–Kier alpha value is -2.16. The third-order valence-electron chi connectivity index (χ3n) is 3.28. The van der Waals surface area contributed by atoms with Crippen LogP contribution in [-0.4, -0.2) is 12.4 Å². The van der Waals surface area contributed by atoms with Gasteiger partial charge in [-0.2, -0.15) is 0 Å². The first-order chi connectivity index (χ1) is 10.2. The average Bonchev–Trinajstić information content (AvgIpc) is 2.49. The lowest BCUT2D eigenvalue weighted by atomic mass is 10.1. The van der Waals surface area contributed by atoms with Gasteiger partial charge in [-0.15, -0.1) is 0 Å². The van der Waals surface area contributed by atoms with E-state index >= 15 is 0 Å². The minimum atomic E-state index is -0.420. The van der Waals surface area contributed by atoms with Crippen molar-refractivity contribution < 1.29 is 13.9 Å². The minimum Gasteiger partial charge on any atom is -0.493 e. The standard InChI is InChI=1S/C18H19FO2/c1-14(20)17-13-16(19)10-11-18(17)21-12-6-5-9-15-7-3-2-4-8-15/h2-4,7-8,10-11,13H,5-6,9,12H2,1H3. The van der Waals surface area contributed by atoms with Crippen LogP contribution < -0.4 is 4.74 Å². The molecule has 2 aromatic rings. The van der Waals surface area contributed by atoms with Gasteiger partial charge in [-0.1, -0.05) is 30.3 Å². The summed E-state index contributed by atoms with van der Waals surface area (Å²) in [6.45, 7) is 1.94. The lowest BCUT2D eigenvalue weighted by Crippen LogP contribution is -2.04. The molecule has 0 atom stereocenters. The van der Waals surface area contributed by atoms with E-state index < -0.39 is 5.82 Å². The molecule has 0 radical (unpaired) electrons. The van der Waals surface area contributed by atoms with Gasteiger partial charge in [-0.05, 0) is 49.9 Å². The van der Waals surface area contributed by atoms with E-state index in [1.165, 1.54) is 30.7 Å². The number of hydrogen-bond acceptors (Lipinski definition) is 2. The maximum absolute atomic E-state index is 13.1. The van der Waals surface area contributed by atoms with Crippen molar-refractivity contribution in [2.24, 2.45) is 0 Å². The Morgan fingerprint density at radius 1 is 1.10 bits per heavy atom. The second kappa shape index (κ2) is 7.58. The topological polar surface area (TPSA) is 26.3 Å². The first-order valence-electron chi connectivity index (χ1n) is 7.14. The number of carbonyl (C=O) groups excluding carboxylic acids is 1. The summed E-state index contributed by atoms with van der Waals surface area (Å²) in [5.74, 6) is -0.144. The molecule has 0 unspecified atom stereocenters. The fourth-order valence-corrected chi connectivity index (χ4v) is 2.16. The van der Waals surface area contributed by atoms with Crippen LogP contribution in [0.25, 0.3) is 0 Å². The fraction of sp³-hybridized carbons (Fsp3) is 0.278. The Morgan fingerprint density at radius 3 is 2.57 bits per heavy atom. The highest BCUT2D eigenvalue weighted by Crippen LogP contribution is 2.20. The molecule has 2 nitrogen and oxygen atoms in total. The number of ether oxygens (including phenoxy) is 1. The predicted octanol–water partition coefficient (Wildman–Crippen LogP) is 4.43. The molecule has 0 aliphatic carbocycles. The molecule has 3 heteroatoms. The monoisotopic (exact) mass is 286 g/mol. The number of aryl methyl sites for hydroxylation is 1. The van der Waals surface area contributed by atoms with Crippen molar-refractivity contribution >= 4 is 5.78 Å². The van der Waals surface area contributed by atoms with Gasteiger partial charge >= 0.3 is 0 Å². The van der Waals surface area contributed by atoms with Crippen molar-refractivity contribution in [3.63, 3.8) is 0 Å². The molecule has 0 aliphatic rings. The summed E-state index contributed by atoms with van der Waals surface area (Å²) < 4.78 is 18.7. The highest BCUT2D eigenvalue weighted by Gasteiger charge is 2.09. The molecular weight excluding hydrogens is 267 g/mol. The van der Waals surface area contributed by atoms with E-state index in [4.69, 9.17) is 4.74 Å². The van der Waals surface area contributed by atoms with Gasteiger partial charge < -0.3 is 4.74 Å². The van der Waals surface area contributed by atoms with Crippen LogP contribution in [0, 0.1) is 5.82 Å². The normalized spacial score (nSPS) is 10.4. The van der Waals surface area contributed by atoms with E-state index in [0.29, 0.717) is 17.9 Å². The Balaban J connectivity index is 1.80. The third kappa shape index (κ3) is 4.71. The summed E-state index contributed by atoms with van der Waals surface area (Å²) >= 11 is 0. The van der Waals surface area contributed by atoms with Crippen molar-refractivity contribution in [1.82, 2.24) is 0 Å². The Kier molecular flexibility index (Phi) is 5.50. The number of carbonyl (C=O) groups is 1. The summed E-state index contributed by atoms with van der Waals surface area (Å²) in [6, 6.07) is 14.3. The maximum atomic E-state index is 13.1. The van der Waals surface area contributed by atoms with Gasteiger partial charge in [-0.25, -0.2) is 4.39 Å². The molecule has 0 N–H and O–H groups in total. The molecule has 0 aromatic heterocycles. The zero-order valence-electron chi connectivity index (χ0n) is 12.1. The number of ketones is 1. The van der Waals surface area contributed by atoms with Crippen molar-refractivity contribution in [3.05, 3.63) is 65.5 Å². The molecule has 0 saturated heterocycles.